The minimum atomic E-state index is -0.287. The van der Waals surface area contributed by atoms with Crippen molar-refractivity contribution in [1.82, 2.24) is 14.9 Å². The molecule has 1 amide bonds. The van der Waals surface area contributed by atoms with Crippen molar-refractivity contribution in [1.29, 1.82) is 0 Å². The summed E-state index contributed by atoms with van der Waals surface area (Å²) < 4.78 is 18.8. The predicted molar refractivity (Wildman–Crippen MR) is 118 cm³/mol. The molecular weight excluding hydrogens is 395 g/mol. The molecule has 2 aromatic carbocycles. The van der Waals surface area contributed by atoms with Crippen LogP contribution in [0.3, 0.4) is 0 Å². The van der Waals surface area contributed by atoms with Gasteiger partial charge in [-0.25, -0.2) is 14.4 Å². The zero-order valence-corrected chi connectivity index (χ0v) is 17.9. The Morgan fingerprint density at radius 2 is 1.90 bits per heavy atom. The molecule has 1 aliphatic heterocycles. The Bertz CT molecular complexity index is 1090. The molecule has 0 spiro atoms. The van der Waals surface area contributed by atoms with Crippen molar-refractivity contribution in [2.24, 2.45) is 0 Å². The van der Waals surface area contributed by atoms with Crippen molar-refractivity contribution in [2.75, 3.05) is 39.2 Å². The first kappa shape index (κ1) is 20.8. The highest BCUT2D eigenvalue weighted by atomic mass is 19.1. The number of carbonyl (C=O) groups is 1. The summed E-state index contributed by atoms with van der Waals surface area (Å²) in [4.78, 5) is 26.1. The molecule has 1 saturated heterocycles. The largest absolute Gasteiger partial charge is 0.496 e. The normalized spacial score (nSPS) is 15.7. The smallest absolute Gasteiger partial charge is 0.257 e. The SMILES string of the molecule is COc1ccccc1C(=O)N1CC[C@H](c2nc(N(C)C)ncc2-c2ccc(F)cc2)C1. The van der Waals surface area contributed by atoms with Gasteiger partial charge in [0.05, 0.1) is 18.4 Å². The van der Waals surface area contributed by atoms with Crippen molar-refractivity contribution in [3.63, 3.8) is 0 Å². The molecule has 3 aromatic rings. The Labute approximate surface area is 181 Å². The third-order valence-corrected chi connectivity index (χ3v) is 5.56. The number of benzene rings is 2. The number of para-hydroxylation sites is 1. The Balaban J connectivity index is 1.65. The maximum absolute atomic E-state index is 13.4. The molecule has 0 saturated carbocycles. The predicted octanol–water partition coefficient (Wildman–Crippen LogP) is 3.99. The summed E-state index contributed by atoms with van der Waals surface area (Å²) in [6.45, 7) is 1.18. The number of halogens is 1. The molecular formula is C24H25FN4O2. The minimum absolute atomic E-state index is 0.0508. The van der Waals surface area contributed by atoms with Crippen LogP contribution in [0.1, 0.15) is 28.4 Å². The summed E-state index contributed by atoms with van der Waals surface area (Å²) in [6.07, 6.45) is 2.58. The lowest BCUT2D eigenvalue weighted by Crippen LogP contribution is -2.29. The number of hydrogen-bond donors (Lipinski definition) is 0. The van der Waals surface area contributed by atoms with Crippen LogP contribution in [0.4, 0.5) is 10.3 Å². The van der Waals surface area contributed by atoms with E-state index >= 15 is 0 Å². The number of anilines is 1. The van der Waals surface area contributed by atoms with E-state index in [0.29, 0.717) is 30.4 Å². The molecule has 1 aromatic heterocycles. The van der Waals surface area contributed by atoms with Gasteiger partial charge in [0, 0.05) is 44.9 Å². The Hall–Kier alpha value is -3.48. The number of hydrogen-bond acceptors (Lipinski definition) is 5. The van der Waals surface area contributed by atoms with Gasteiger partial charge < -0.3 is 14.5 Å². The monoisotopic (exact) mass is 420 g/mol. The van der Waals surface area contributed by atoms with E-state index in [9.17, 15) is 9.18 Å². The van der Waals surface area contributed by atoms with Gasteiger partial charge in [0.15, 0.2) is 0 Å². The zero-order chi connectivity index (χ0) is 22.0. The average molecular weight is 420 g/mol. The fourth-order valence-corrected chi connectivity index (χ4v) is 3.92. The molecule has 2 heterocycles. The van der Waals surface area contributed by atoms with Crippen LogP contribution in [-0.2, 0) is 0 Å². The summed E-state index contributed by atoms with van der Waals surface area (Å²) >= 11 is 0. The van der Waals surface area contributed by atoms with Gasteiger partial charge >= 0.3 is 0 Å². The lowest BCUT2D eigenvalue weighted by molar-refractivity contribution is 0.0787. The van der Waals surface area contributed by atoms with Crippen molar-refractivity contribution in [3.8, 4) is 16.9 Å². The number of carbonyl (C=O) groups excluding carboxylic acids is 1. The van der Waals surface area contributed by atoms with Crippen LogP contribution in [0.25, 0.3) is 11.1 Å². The second kappa shape index (κ2) is 8.71. The van der Waals surface area contributed by atoms with E-state index in [1.54, 1.807) is 37.6 Å². The third-order valence-electron chi connectivity index (χ3n) is 5.56. The summed E-state index contributed by atoms with van der Waals surface area (Å²) in [5.41, 5.74) is 3.15. The van der Waals surface area contributed by atoms with Gasteiger partial charge in [-0.3, -0.25) is 4.79 Å². The first-order valence-electron chi connectivity index (χ1n) is 10.2. The van der Waals surface area contributed by atoms with Crippen molar-refractivity contribution >= 4 is 11.9 Å². The van der Waals surface area contributed by atoms with Crippen molar-refractivity contribution in [2.45, 2.75) is 12.3 Å². The summed E-state index contributed by atoms with van der Waals surface area (Å²) in [6, 6.07) is 13.6. The Morgan fingerprint density at radius 1 is 1.16 bits per heavy atom. The molecule has 7 heteroatoms. The number of methoxy groups -OCH3 is 1. The lowest BCUT2D eigenvalue weighted by Gasteiger charge is -2.20. The van der Waals surface area contributed by atoms with Crippen LogP contribution in [-0.4, -0.2) is 55.1 Å². The molecule has 0 unspecified atom stereocenters. The van der Waals surface area contributed by atoms with Crippen LogP contribution < -0.4 is 9.64 Å². The van der Waals surface area contributed by atoms with Gasteiger partial charge in [-0.1, -0.05) is 24.3 Å². The van der Waals surface area contributed by atoms with E-state index in [0.717, 1.165) is 23.2 Å². The number of nitrogens with zero attached hydrogens (tertiary/aromatic N) is 4. The van der Waals surface area contributed by atoms with Crippen LogP contribution in [0.2, 0.25) is 0 Å². The molecule has 0 aliphatic carbocycles. The highest BCUT2D eigenvalue weighted by Crippen LogP contribution is 2.35. The van der Waals surface area contributed by atoms with Crippen LogP contribution in [0, 0.1) is 5.82 Å². The highest BCUT2D eigenvalue weighted by Gasteiger charge is 2.32. The number of amides is 1. The third kappa shape index (κ3) is 4.21. The minimum Gasteiger partial charge on any atom is -0.496 e. The molecule has 6 nitrogen and oxygen atoms in total. The van der Waals surface area contributed by atoms with E-state index in [4.69, 9.17) is 9.72 Å². The molecule has 1 fully saturated rings. The number of ether oxygens (including phenoxy) is 1. The zero-order valence-electron chi connectivity index (χ0n) is 17.9. The molecule has 0 N–H and O–H groups in total. The second-order valence-corrected chi connectivity index (χ2v) is 7.81. The lowest BCUT2D eigenvalue weighted by atomic mass is 9.96. The molecule has 31 heavy (non-hydrogen) atoms. The fraction of sp³-hybridized carbons (Fsp3) is 0.292. The Morgan fingerprint density at radius 3 is 2.61 bits per heavy atom. The first-order valence-corrected chi connectivity index (χ1v) is 10.2. The van der Waals surface area contributed by atoms with Gasteiger partial charge in [-0.15, -0.1) is 0 Å². The summed E-state index contributed by atoms with van der Waals surface area (Å²) in [5.74, 6) is 0.895. The van der Waals surface area contributed by atoms with Gasteiger partial charge in [0.25, 0.3) is 5.91 Å². The maximum Gasteiger partial charge on any atom is 0.257 e. The number of likely N-dealkylation sites (tertiary alicyclic amines) is 1. The molecule has 4 rings (SSSR count). The van der Waals surface area contributed by atoms with Gasteiger partial charge in [0.1, 0.15) is 11.6 Å². The van der Waals surface area contributed by atoms with Crippen molar-refractivity contribution < 1.29 is 13.9 Å². The van der Waals surface area contributed by atoms with E-state index in [2.05, 4.69) is 4.98 Å². The van der Waals surface area contributed by atoms with Crippen molar-refractivity contribution in [3.05, 3.63) is 71.8 Å². The van der Waals surface area contributed by atoms with E-state index in [1.165, 1.54) is 12.1 Å². The average Bonchev–Trinajstić information content (AvgIpc) is 3.29. The topological polar surface area (TPSA) is 58.6 Å². The Kier molecular flexibility index (Phi) is 5.84. The van der Waals surface area contributed by atoms with Crippen LogP contribution in [0.15, 0.2) is 54.7 Å². The van der Waals surface area contributed by atoms with Gasteiger partial charge in [-0.05, 0) is 36.2 Å². The maximum atomic E-state index is 13.4. The van der Waals surface area contributed by atoms with Gasteiger partial charge in [-0.2, -0.15) is 0 Å². The highest BCUT2D eigenvalue weighted by molar-refractivity contribution is 5.97. The standard InChI is InChI=1S/C24H25FN4O2/c1-28(2)24-26-14-20(16-8-10-18(25)11-9-16)22(27-24)17-12-13-29(15-17)23(30)19-6-4-5-7-21(19)31-3/h4-11,14,17H,12-13,15H2,1-3H3/t17-/m0/s1. The van der Waals surface area contributed by atoms with E-state index in [-0.39, 0.29) is 17.6 Å². The number of aromatic nitrogens is 2. The molecule has 0 bridgehead atoms. The first-order chi connectivity index (χ1) is 15.0. The molecule has 0 radical (unpaired) electrons. The fourth-order valence-electron chi connectivity index (χ4n) is 3.92. The summed E-state index contributed by atoms with van der Waals surface area (Å²) in [5, 5.41) is 0. The second-order valence-electron chi connectivity index (χ2n) is 7.81. The quantitative estimate of drug-likeness (QED) is 0.625. The molecule has 1 atom stereocenters. The van der Waals surface area contributed by atoms with Crippen LogP contribution >= 0.6 is 0 Å². The molecule has 1 aliphatic rings. The van der Waals surface area contributed by atoms with Crippen LogP contribution in [0.5, 0.6) is 5.75 Å². The molecule has 160 valence electrons. The summed E-state index contributed by atoms with van der Waals surface area (Å²) in [7, 11) is 5.35. The van der Waals surface area contributed by atoms with E-state index < -0.39 is 0 Å². The van der Waals surface area contributed by atoms with Gasteiger partial charge in [0.2, 0.25) is 5.95 Å². The van der Waals surface area contributed by atoms with E-state index in [1.807, 2.05) is 36.0 Å². The number of rotatable bonds is 5.